The van der Waals surface area contributed by atoms with Gasteiger partial charge in [0.15, 0.2) is 0 Å². The first-order chi connectivity index (χ1) is 14.8. The molecule has 1 aliphatic heterocycles. The standard InChI is InChI=1S/C21H20N4O6/c1-22-19-15(4-3-5-16(19)25(29)30)24(21(22)28)17-10-11-18(26)23(20(17)27)12-13-6-8-14(31-2)9-7-13/h3-9,17H,10-12H2,1-2H3. The molecule has 10 nitrogen and oxygen atoms in total. The summed E-state index contributed by atoms with van der Waals surface area (Å²) in [6.07, 6.45) is 0.239. The largest absolute Gasteiger partial charge is 0.497 e. The second kappa shape index (κ2) is 7.71. The molecule has 31 heavy (non-hydrogen) atoms. The zero-order chi connectivity index (χ0) is 22.3. The SMILES string of the molecule is COc1ccc(CN2C(=O)CCC(n3c(=O)n(C)c4c([N+](=O)[O-])cccc43)C2=O)cc1. The number of non-ortho nitro benzene ring substituents is 1. The Morgan fingerprint density at radius 1 is 1.13 bits per heavy atom. The monoisotopic (exact) mass is 424 g/mol. The van der Waals surface area contributed by atoms with E-state index in [4.69, 9.17) is 4.74 Å². The van der Waals surface area contributed by atoms with Crippen LogP contribution in [-0.4, -0.2) is 37.9 Å². The lowest BCUT2D eigenvalue weighted by Gasteiger charge is -2.31. The number of carbonyl (C=O) groups is 2. The Kier molecular flexibility index (Phi) is 5.05. The number of nitro groups is 1. The van der Waals surface area contributed by atoms with Gasteiger partial charge in [0.05, 0.1) is 24.1 Å². The molecule has 1 aromatic heterocycles. The van der Waals surface area contributed by atoms with Gasteiger partial charge in [0.25, 0.3) is 11.6 Å². The number of aryl methyl sites for hydroxylation is 1. The van der Waals surface area contributed by atoms with Gasteiger partial charge in [-0.1, -0.05) is 18.2 Å². The Labute approximate surface area is 176 Å². The van der Waals surface area contributed by atoms with Crippen LogP contribution < -0.4 is 10.4 Å². The minimum Gasteiger partial charge on any atom is -0.497 e. The molecule has 1 fully saturated rings. The molecule has 0 bridgehead atoms. The molecule has 0 saturated carbocycles. The summed E-state index contributed by atoms with van der Waals surface area (Å²) < 4.78 is 7.56. The Hall–Kier alpha value is -3.95. The van der Waals surface area contributed by atoms with Crippen molar-refractivity contribution in [3.63, 3.8) is 0 Å². The van der Waals surface area contributed by atoms with E-state index >= 15 is 0 Å². The number of ether oxygens (including phenoxy) is 1. The van der Waals surface area contributed by atoms with E-state index in [0.29, 0.717) is 11.3 Å². The molecule has 0 spiro atoms. The maximum Gasteiger partial charge on any atom is 0.329 e. The predicted molar refractivity (Wildman–Crippen MR) is 111 cm³/mol. The molecule has 0 N–H and O–H groups in total. The third-order valence-electron chi connectivity index (χ3n) is 5.57. The third kappa shape index (κ3) is 3.35. The van der Waals surface area contributed by atoms with Crippen LogP contribution in [-0.2, 0) is 23.2 Å². The zero-order valence-electron chi connectivity index (χ0n) is 17.0. The van der Waals surface area contributed by atoms with E-state index in [2.05, 4.69) is 0 Å². The van der Waals surface area contributed by atoms with Gasteiger partial charge in [-0.05, 0) is 30.2 Å². The number of nitrogens with zero attached hydrogens (tertiary/aromatic N) is 4. The minimum absolute atomic E-state index is 0.0673. The number of benzene rings is 2. The van der Waals surface area contributed by atoms with Crippen LogP contribution in [0.2, 0.25) is 0 Å². The lowest BCUT2D eigenvalue weighted by atomic mass is 10.0. The summed E-state index contributed by atoms with van der Waals surface area (Å²) in [6, 6.07) is 10.4. The number of rotatable bonds is 5. The van der Waals surface area contributed by atoms with Crippen LogP contribution in [0.4, 0.5) is 5.69 Å². The number of imide groups is 1. The van der Waals surface area contributed by atoms with Crippen molar-refractivity contribution in [2.24, 2.45) is 7.05 Å². The van der Waals surface area contributed by atoms with Crippen LogP contribution >= 0.6 is 0 Å². The molecule has 2 amide bonds. The van der Waals surface area contributed by atoms with E-state index in [1.54, 1.807) is 37.4 Å². The average Bonchev–Trinajstić information content (AvgIpc) is 3.02. The number of hydrogen-bond donors (Lipinski definition) is 0. The molecule has 4 rings (SSSR count). The number of methoxy groups -OCH3 is 1. The highest BCUT2D eigenvalue weighted by Gasteiger charge is 2.38. The van der Waals surface area contributed by atoms with E-state index in [-0.39, 0.29) is 36.5 Å². The second-order valence-corrected chi connectivity index (χ2v) is 7.33. The highest BCUT2D eigenvalue weighted by atomic mass is 16.6. The lowest BCUT2D eigenvalue weighted by molar-refractivity contribution is -0.383. The molecule has 1 atom stereocenters. The number of piperidine rings is 1. The van der Waals surface area contributed by atoms with Gasteiger partial charge in [0.1, 0.15) is 17.3 Å². The number of imidazole rings is 1. The Morgan fingerprint density at radius 2 is 1.84 bits per heavy atom. The van der Waals surface area contributed by atoms with Crippen molar-refractivity contribution < 1.29 is 19.2 Å². The van der Waals surface area contributed by atoms with Crippen LogP contribution in [0, 0.1) is 10.1 Å². The highest BCUT2D eigenvalue weighted by Crippen LogP contribution is 2.31. The van der Waals surface area contributed by atoms with Crippen molar-refractivity contribution >= 4 is 28.5 Å². The smallest absolute Gasteiger partial charge is 0.329 e. The number of aromatic nitrogens is 2. The van der Waals surface area contributed by atoms with Gasteiger partial charge in [-0.25, -0.2) is 4.79 Å². The number of para-hydroxylation sites is 1. The average molecular weight is 424 g/mol. The minimum atomic E-state index is -0.922. The predicted octanol–water partition coefficient (Wildman–Crippen LogP) is 2.15. The molecule has 0 aliphatic carbocycles. The number of nitro benzene ring substituents is 1. The maximum absolute atomic E-state index is 13.3. The van der Waals surface area contributed by atoms with Crippen molar-refractivity contribution in [3.05, 3.63) is 68.6 Å². The summed E-state index contributed by atoms with van der Waals surface area (Å²) in [5.74, 6) is -0.175. The van der Waals surface area contributed by atoms with Crippen LogP contribution in [0.5, 0.6) is 5.75 Å². The molecule has 2 heterocycles. The van der Waals surface area contributed by atoms with E-state index in [1.165, 1.54) is 28.3 Å². The first-order valence-corrected chi connectivity index (χ1v) is 9.65. The lowest BCUT2D eigenvalue weighted by Crippen LogP contribution is -2.47. The summed E-state index contributed by atoms with van der Waals surface area (Å²) in [6.45, 7) is 0.0673. The number of amides is 2. The first kappa shape index (κ1) is 20.3. The van der Waals surface area contributed by atoms with Gasteiger partial charge in [0.2, 0.25) is 5.91 Å². The topological polar surface area (TPSA) is 117 Å². The third-order valence-corrected chi connectivity index (χ3v) is 5.57. The van der Waals surface area contributed by atoms with Gasteiger partial charge in [0, 0.05) is 19.5 Å². The summed E-state index contributed by atoms with van der Waals surface area (Å²) in [5.41, 5.74) is 0.415. The summed E-state index contributed by atoms with van der Waals surface area (Å²) in [7, 11) is 2.98. The maximum atomic E-state index is 13.3. The quantitative estimate of drug-likeness (QED) is 0.352. The van der Waals surface area contributed by atoms with E-state index in [9.17, 15) is 24.5 Å². The van der Waals surface area contributed by atoms with Crippen molar-refractivity contribution in [2.45, 2.75) is 25.4 Å². The highest BCUT2D eigenvalue weighted by molar-refractivity contribution is 6.00. The fourth-order valence-corrected chi connectivity index (χ4v) is 4.01. The molecular formula is C21H20N4O6. The first-order valence-electron chi connectivity index (χ1n) is 9.65. The van der Waals surface area contributed by atoms with Gasteiger partial charge in [-0.2, -0.15) is 0 Å². The molecule has 10 heteroatoms. The molecule has 1 unspecified atom stereocenters. The van der Waals surface area contributed by atoms with Gasteiger partial charge < -0.3 is 4.74 Å². The zero-order valence-corrected chi connectivity index (χ0v) is 17.0. The number of hydrogen-bond acceptors (Lipinski definition) is 6. The van der Waals surface area contributed by atoms with E-state index in [1.807, 2.05) is 0 Å². The van der Waals surface area contributed by atoms with Crippen molar-refractivity contribution in [1.82, 2.24) is 14.0 Å². The number of likely N-dealkylation sites (tertiary alicyclic amines) is 1. The molecular weight excluding hydrogens is 404 g/mol. The van der Waals surface area contributed by atoms with Crippen LogP contribution in [0.3, 0.4) is 0 Å². The summed E-state index contributed by atoms with van der Waals surface area (Å²) in [5, 5.41) is 11.4. The molecule has 1 saturated heterocycles. The Morgan fingerprint density at radius 3 is 2.48 bits per heavy atom. The molecule has 1 aliphatic rings. The second-order valence-electron chi connectivity index (χ2n) is 7.33. The number of fused-ring (bicyclic) bond motifs is 1. The van der Waals surface area contributed by atoms with Crippen molar-refractivity contribution in [3.8, 4) is 5.75 Å². The number of carbonyl (C=O) groups excluding carboxylic acids is 2. The van der Waals surface area contributed by atoms with Gasteiger partial charge in [-0.15, -0.1) is 0 Å². The summed E-state index contributed by atoms with van der Waals surface area (Å²) >= 11 is 0. The van der Waals surface area contributed by atoms with Gasteiger partial charge >= 0.3 is 5.69 Å². The van der Waals surface area contributed by atoms with Crippen molar-refractivity contribution in [1.29, 1.82) is 0 Å². The van der Waals surface area contributed by atoms with Crippen LogP contribution in [0.15, 0.2) is 47.3 Å². The van der Waals surface area contributed by atoms with Gasteiger partial charge in [-0.3, -0.25) is 33.7 Å². The molecule has 0 radical (unpaired) electrons. The normalized spacial score (nSPS) is 16.7. The fraction of sp³-hybridized carbons (Fsp3) is 0.286. The molecule has 2 aromatic carbocycles. The van der Waals surface area contributed by atoms with Crippen LogP contribution in [0.25, 0.3) is 11.0 Å². The van der Waals surface area contributed by atoms with Crippen molar-refractivity contribution in [2.75, 3.05) is 7.11 Å². The Bertz CT molecular complexity index is 1260. The Balaban J connectivity index is 1.74. The molecule has 160 valence electrons. The van der Waals surface area contributed by atoms with E-state index in [0.717, 1.165) is 10.5 Å². The summed E-state index contributed by atoms with van der Waals surface area (Å²) in [4.78, 5) is 50.7. The molecule has 3 aromatic rings. The van der Waals surface area contributed by atoms with Crippen LogP contribution in [0.1, 0.15) is 24.4 Å². The fourth-order valence-electron chi connectivity index (χ4n) is 4.01. The van der Waals surface area contributed by atoms with E-state index < -0.39 is 22.6 Å².